The number of rotatable bonds is 5. The molecule has 3 rings (SSSR count). The highest BCUT2D eigenvalue weighted by molar-refractivity contribution is 5.20. The maximum Gasteiger partial charge on any atom is 0.0105 e. The second-order valence-electron chi connectivity index (χ2n) is 6.98. The molecule has 116 valence electrons. The molecule has 0 bridgehead atoms. The summed E-state index contributed by atoms with van der Waals surface area (Å²) in [6, 6.07) is 12.7. The predicted octanol–water partition coefficient (Wildman–Crippen LogP) is 3.79. The maximum absolute atomic E-state index is 3.81. The van der Waals surface area contributed by atoms with Crippen LogP contribution in [-0.2, 0) is 0 Å². The summed E-state index contributed by atoms with van der Waals surface area (Å²) in [5.74, 6) is 0.796. The smallest absolute Gasteiger partial charge is 0.0105 e. The lowest BCUT2D eigenvalue weighted by atomic mass is 9.82. The zero-order valence-corrected chi connectivity index (χ0v) is 13.4. The van der Waals surface area contributed by atoms with Crippen molar-refractivity contribution < 1.29 is 0 Å². The van der Waals surface area contributed by atoms with Crippen LogP contribution in [0.4, 0.5) is 0 Å². The third kappa shape index (κ3) is 4.08. The molecular formula is C19H30N2. The summed E-state index contributed by atoms with van der Waals surface area (Å²) < 4.78 is 0. The molecule has 1 aliphatic heterocycles. The van der Waals surface area contributed by atoms with E-state index in [9.17, 15) is 0 Å². The van der Waals surface area contributed by atoms with Gasteiger partial charge in [0.25, 0.3) is 0 Å². The van der Waals surface area contributed by atoms with Crippen LogP contribution in [0.3, 0.4) is 0 Å². The number of hydrogen-bond donors (Lipinski definition) is 1. The number of benzene rings is 1. The van der Waals surface area contributed by atoms with Crippen molar-refractivity contribution in [3.63, 3.8) is 0 Å². The average molecular weight is 286 g/mol. The number of hydrogen-bond acceptors (Lipinski definition) is 2. The summed E-state index contributed by atoms with van der Waals surface area (Å²) in [5.41, 5.74) is 1.54. The monoisotopic (exact) mass is 286 g/mol. The molecule has 1 saturated heterocycles. The summed E-state index contributed by atoms with van der Waals surface area (Å²) in [6.45, 7) is 2.50. The molecule has 1 heterocycles. The van der Waals surface area contributed by atoms with Crippen LogP contribution in [0.15, 0.2) is 30.3 Å². The van der Waals surface area contributed by atoms with Crippen LogP contribution in [0.5, 0.6) is 0 Å². The molecule has 1 saturated carbocycles. The van der Waals surface area contributed by atoms with E-state index >= 15 is 0 Å². The van der Waals surface area contributed by atoms with Crippen LogP contribution in [-0.4, -0.2) is 37.1 Å². The minimum atomic E-state index is 0.761. The average Bonchev–Trinajstić information content (AvgIpc) is 2.94. The Morgan fingerprint density at radius 2 is 1.81 bits per heavy atom. The van der Waals surface area contributed by atoms with Gasteiger partial charge in [-0.3, -0.25) is 0 Å². The van der Waals surface area contributed by atoms with Gasteiger partial charge in [0.05, 0.1) is 0 Å². The van der Waals surface area contributed by atoms with E-state index in [1.165, 1.54) is 58.0 Å². The fraction of sp³-hybridized carbons (Fsp3) is 0.684. The van der Waals surface area contributed by atoms with Crippen molar-refractivity contribution in [3.05, 3.63) is 35.9 Å². The van der Waals surface area contributed by atoms with Crippen LogP contribution in [0.1, 0.15) is 56.4 Å². The van der Waals surface area contributed by atoms with E-state index in [1.807, 2.05) is 0 Å². The first-order valence-corrected chi connectivity index (χ1v) is 8.81. The van der Waals surface area contributed by atoms with Crippen LogP contribution in [0.25, 0.3) is 0 Å². The molecule has 1 N–H and O–H groups in total. The fourth-order valence-corrected chi connectivity index (χ4v) is 4.15. The zero-order chi connectivity index (χ0) is 14.5. The van der Waals surface area contributed by atoms with Gasteiger partial charge in [0.2, 0.25) is 0 Å². The lowest BCUT2D eigenvalue weighted by molar-refractivity contribution is 0.279. The summed E-state index contributed by atoms with van der Waals surface area (Å²) in [6.07, 6.45) is 9.52. The molecule has 2 heteroatoms. The predicted molar refractivity (Wildman–Crippen MR) is 89.7 cm³/mol. The minimum Gasteiger partial charge on any atom is -0.314 e. The topological polar surface area (TPSA) is 15.3 Å². The van der Waals surface area contributed by atoms with Crippen molar-refractivity contribution in [2.75, 3.05) is 20.1 Å². The maximum atomic E-state index is 3.81. The quantitative estimate of drug-likeness (QED) is 0.886. The zero-order valence-electron chi connectivity index (χ0n) is 13.4. The number of likely N-dealkylation sites (tertiary alicyclic amines) is 1. The van der Waals surface area contributed by atoms with Gasteiger partial charge in [-0.2, -0.15) is 0 Å². The van der Waals surface area contributed by atoms with Crippen molar-refractivity contribution in [1.29, 1.82) is 0 Å². The van der Waals surface area contributed by atoms with Gasteiger partial charge >= 0.3 is 0 Å². The molecule has 0 aromatic heterocycles. The minimum absolute atomic E-state index is 0.761. The molecule has 2 aliphatic rings. The van der Waals surface area contributed by atoms with E-state index in [-0.39, 0.29) is 0 Å². The van der Waals surface area contributed by atoms with Crippen molar-refractivity contribution in [2.45, 2.75) is 62.9 Å². The van der Waals surface area contributed by atoms with Crippen molar-refractivity contribution in [1.82, 2.24) is 10.2 Å². The van der Waals surface area contributed by atoms with Gasteiger partial charge in [-0.1, -0.05) is 30.3 Å². The lowest BCUT2D eigenvalue weighted by Crippen LogP contribution is -2.36. The molecule has 1 unspecified atom stereocenters. The summed E-state index contributed by atoms with van der Waals surface area (Å²) in [7, 11) is 2.28. The SMILES string of the molecule is CN1CCCC1CCNC1CCC(c2ccccc2)CC1. The van der Waals surface area contributed by atoms with E-state index in [2.05, 4.69) is 47.6 Å². The van der Waals surface area contributed by atoms with Gasteiger partial charge in [-0.15, -0.1) is 0 Å². The van der Waals surface area contributed by atoms with Gasteiger partial charge in [-0.05, 0) is 76.6 Å². The first kappa shape index (κ1) is 15.1. The Balaban J connectivity index is 1.36. The van der Waals surface area contributed by atoms with Crippen LogP contribution in [0.2, 0.25) is 0 Å². The van der Waals surface area contributed by atoms with Crippen molar-refractivity contribution in [3.8, 4) is 0 Å². The lowest BCUT2D eigenvalue weighted by Gasteiger charge is -2.30. The van der Waals surface area contributed by atoms with Gasteiger partial charge in [0.15, 0.2) is 0 Å². The molecule has 1 aliphatic carbocycles. The normalized spacial score (nSPS) is 30.6. The highest BCUT2D eigenvalue weighted by Gasteiger charge is 2.23. The Morgan fingerprint density at radius 1 is 1.05 bits per heavy atom. The van der Waals surface area contributed by atoms with E-state index in [0.717, 1.165) is 18.0 Å². The first-order valence-electron chi connectivity index (χ1n) is 8.81. The summed E-state index contributed by atoms with van der Waals surface area (Å²) >= 11 is 0. The number of nitrogens with zero attached hydrogens (tertiary/aromatic N) is 1. The van der Waals surface area contributed by atoms with Gasteiger partial charge < -0.3 is 10.2 Å². The standard InChI is InChI=1S/C19H30N2/c1-21-15-5-8-19(21)13-14-20-18-11-9-17(10-12-18)16-6-3-2-4-7-16/h2-4,6-7,17-20H,5,8-15H2,1H3. The molecule has 2 nitrogen and oxygen atoms in total. The van der Waals surface area contributed by atoms with Crippen LogP contribution >= 0.6 is 0 Å². The third-order valence-corrected chi connectivity index (χ3v) is 5.58. The molecule has 0 spiro atoms. The van der Waals surface area contributed by atoms with Crippen LogP contribution < -0.4 is 5.32 Å². The third-order valence-electron chi connectivity index (χ3n) is 5.58. The Morgan fingerprint density at radius 3 is 2.48 bits per heavy atom. The fourth-order valence-electron chi connectivity index (χ4n) is 4.15. The van der Waals surface area contributed by atoms with Crippen molar-refractivity contribution in [2.24, 2.45) is 0 Å². The Bertz CT molecular complexity index is 409. The summed E-state index contributed by atoms with van der Waals surface area (Å²) in [4.78, 5) is 2.54. The second kappa shape index (κ2) is 7.42. The summed E-state index contributed by atoms with van der Waals surface area (Å²) in [5, 5.41) is 3.81. The van der Waals surface area contributed by atoms with Gasteiger partial charge in [-0.25, -0.2) is 0 Å². The molecular weight excluding hydrogens is 256 g/mol. The largest absolute Gasteiger partial charge is 0.314 e. The molecule has 0 radical (unpaired) electrons. The van der Waals surface area contributed by atoms with Gasteiger partial charge in [0.1, 0.15) is 0 Å². The molecule has 1 aromatic carbocycles. The molecule has 21 heavy (non-hydrogen) atoms. The van der Waals surface area contributed by atoms with E-state index in [1.54, 1.807) is 5.56 Å². The van der Waals surface area contributed by atoms with E-state index in [4.69, 9.17) is 0 Å². The highest BCUT2D eigenvalue weighted by Crippen LogP contribution is 2.32. The Kier molecular flexibility index (Phi) is 5.32. The first-order chi connectivity index (χ1) is 10.3. The Hall–Kier alpha value is -0.860. The second-order valence-corrected chi connectivity index (χ2v) is 6.98. The van der Waals surface area contributed by atoms with E-state index < -0.39 is 0 Å². The van der Waals surface area contributed by atoms with Crippen molar-refractivity contribution >= 4 is 0 Å². The Labute approximate surface area is 129 Å². The molecule has 0 amide bonds. The van der Waals surface area contributed by atoms with Gasteiger partial charge in [0, 0.05) is 12.1 Å². The van der Waals surface area contributed by atoms with E-state index in [0.29, 0.717) is 0 Å². The molecule has 2 fully saturated rings. The number of nitrogens with one attached hydrogen (secondary N) is 1. The van der Waals surface area contributed by atoms with Crippen LogP contribution in [0, 0.1) is 0 Å². The molecule has 1 aromatic rings. The highest BCUT2D eigenvalue weighted by atomic mass is 15.1. The molecule has 1 atom stereocenters.